The SMILES string of the molecule is COc1cccc(C(=O)N(Nc2ncc3c(n2)N(C2CCCC2)CC2(CC2)C(=O)N3C)C2CCC(N3CCN(CC4CC4)CC3)CC2)c1. The number of hydrogen-bond acceptors (Lipinski definition) is 9. The minimum atomic E-state index is -0.317. The van der Waals surface area contributed by atoms with Gasteiger partial charge in [0, 0.05) is 64.0 Å². The van der Waals surface area contributed by atoms with Gasteiger partial charge in [0.15, 0.2) is 5.82 Å². The molecule has 4 aliphatic carbocycles. The fraction of sp³-hybridized carbons (Fsp3) is 0.676. The monoisotopic (exact) mass is 656 g/mol. The Morgan fingerprint density at radius 2 is 1.75 bits per heavy atom. The third-order valence-corrected chi connectivity index (χ3v) is 12.2. The van der Waals surface area contributed by atoms with E-state index in [9.17, 15) is 9.59 Å². The summed E-state index contributed by atoms with van der Waals surface area (Å²) in [6.07, 6.45) is 15.0. The van der Waals surface area contributed by atoms with Gasteiger partial charge in [0.1, 0.15) is 11.4 Å². The van der Waals surface area contributed by atoms with Crippen molar-refractivity contribution in [2.24, 2.45) is 11.3 Å². The standard InChI is InChI=1S/C37H52N8O3/c1-41-32-23-38-36(39-33(32)44(29-7-3-4-8-29)25-37(16-17-37)35(41)47)40-45(34(46)27-6-5-9-31(22-27)48-2)30-14-12-28(13-15-30)43-20-18-42(19-21-43)24-26-10-11-26/h5-6,9,22-23,26,28-30H,3-4,7-8,10-21,24-25H2,1-2H3,(H,38,39,40). The Balaban J connectivity index is 1.03. The van der Waals surface area contributed by atoms with Crippen molar-refractivity contribution in [2.75, 3.05) is 68.7 Å². The molecule has 1 aromatic heterocycles. The van der Waals surface area contributed by atoms with Crippen LogP contribution in [0, 0.1) is 11.3 Å². The number of methoxy groups -OCH3 is 1. The molecule has 2 amide bonds. The first kappa shape index (κ1) is 31.8. The second kappa shape index (κ2) is 13.1. The lowest BCUT2D eigenvalue weighted by Crippen LogP contribution is -2.53. The maximum atomic E-state index is 14.3. The van der Waals surface area contributed by atoms with Crippen LogP contribution in [0.3, 0.4) is 0 Å². The predicted octanol–water partition coefficient (Wildman–Crippen LogP) is 4.80. The fourth-order valence-electron chi connectivity index (χ4n) is 8.81. The van der Waals surface area contributed by atoms with Crippen LogP contribution in [0.5, 0.6) is 5.75 Å². The first-order valence-corrected chi connectivity index (χ1v) is 18.5. The van der Waals surface area contributed by atoms with Crippen molar-refractivity contribution in [1.82, 2.24) is 24.8 Å². The number of carbonyl (C=O) groups is 2. The van der Waals surface area contributed by atoms with Crippen molar-refractivity contribution in [3.8, 4) is 5.75 Å². The third-order valence-electron chi connectivity index (χ3n) is 12.2. The second-order valence-corrected chi connectivity index (χ2v) is 15.4. The summed E-state index contributed by atoms with van der Waals surface area (Å²) in [7, 11) is 3.49. The molecular weight excluding hydrogens is 604 g/mol. The third kappa shape index (κ3) is 6.35. The molecule has 48 heavy (non-hydrogen) atoms. The van der Waals surface area contributed by atoms with Crippen LogP contribution in [0.2, 0.25) is 0 Å². The first-order valence-electron chi connectivity index (χ1n) is 18.5. The summed E-state index contributed by atoms with van der Waals surface area (Å²) in [5.74, 6) is 2.86. The molecule has 8 rings (SSSR count). The Hall–Kier alpha value is -3.44. The minimum Gasteiger partial charge on any atom is -0.497 e. The molecule has 1 aromatic carbocycles. The number of hydrazine groups is 1. The van der Waals surface area contributed by atoms with E-state index < -0.39 is 0 Å². The normalized spacial score (nSPS) is 26.3. The lowest BCUT2D eigenvalue weighted by atomic mass is 9.89. The molecule has 4 saturated carbocycles. The van der Waals surface area contributed by atoms with Crippen LogP contribution in [0.4, 0.5) is 17.5 Å². The lowest BCUT2D eigenvalue weighted by Gasteiger charge is -2.43. The number of benzene rings is 1. The quantitative estimate of drug-likeness (QED) is 0.382. The van der Waals surface area contributed by atoms with Crippen LogP contribution in [-0.4, -0.2) is 108 Å². The van der Waals surface area contributed by atoms with Crippen LogP contribution in [0.25, 0.3) is 0 Å². The maximum Gasteiger partial charge on any atom is 0.272 e. The van der Waals surface area contributed by atoms with E-state index in [4.69, 9.17) is 14.7 Å². The highest BCUT2D eigenvalue weighted by atomic mass is 16.5. The Kier molecular flexibility index (Phi) is 8.69. The van der Waals surface area contributed by atoms with Gasteiger partial charge in [-0.25, -0.2) is 9.99 Å². The summed E-state index contributed by atoms with van der Waals surface area (Å²) in [6, 6.07) is 8.31. The Bertz CT molecular complexity index is 1490. The largest absolute Gasteiger partial charge is 0.497 e. The molecule has 2 aliphatic heterocycles. The molecule has 0 radical (unpaired) electrons. The highest BCUT2D eigenvalue weighted by molar-refractivity contribution is 6.03. The summed E-state index contributed by atoms with van der Waals surface area (Å²) in [4.78, 5) is 47.3. The van der Waals surface area contributed by atoms with Gasteiger partial charge in [-0.1, -0.05) is 18.9 Å². The Morgan fingerprint density at radius 1 is 1.00 bits per heavy atom. The number of ether oxygens (including phenoxy) is 1. The number of aromatic nitrogens is 2. The molecule has 11 nitrogen and oxygen atoms in total. The summed E-state index contributed by atoms with van der Waals surface area (Å²) >= 11 is 0. The highest BCUT2D eigenvalue weighted by Crippen LogP contribution is 2.52. The average molecular weight is 657 g/mol. The number of hydrogen-bond donors (Lipinski definition) is 1. The number of fused-ring (bicyclic) bond motifs is 1. The van der Waals surface area contributed by atoms with Crippen LogP contribution in [0.15, 0.2) is 30.5 Å². The van der Waals surface area contributed by atoms with Crippen molar-refractivity contribution in [3.63, 3.8) is 0 Å². The molecule has 0 atom stereocenters. The van der Waals surface area contributed by atoms with Crippen LogP contribution in [-0.2, 0) is 4.79 Å². The van der Waals surface area contributed by atoms with E-state index >= 15 is 0 Å². The van der Waals surface area contributed by atoms with Gasteiger partial charge >= 0.3 is 0 Å². The van der Waals surface area contributed by atoms with E-state index in [1.807, 2.05) is 25.2 Å². The number of rotatable bonds is 9. The van der Waals surface area contributed by atoms with E-state index in [0.717, 1.165) is 81.9 Å². The molecule has 0 bridgehead atoms. The average Bonchev–Trinajstić information content (AvgIpc) is 4.06. The lowest BCUT2D eigenvalue weighted by molar-refractivity contribution is -0.122. The van der Waals surface area contributed by atoms with Crippen molar-refractivity contribution >= 4 is 29.3 Å². The van der Waals surface area contributed by atoms with Crippen molar-refractivity contribution < 1.29 is 14.3 Å². The van der Waals surface area contributed by atoms with E-state index in [0.29, 0.717) is 35.9 Å². The summed E-state index contributed by atoms with van der Waals surface area (Å²) in [6.45, 7) is 6.62. The number of anilines is 3. The maximum absolute atomic E-state index is 14.3. The van der Waals surface area contributed by atoms with Crippen molar-refractivity contribution in [1.29, 1.82) is 0 Å². The molecule has 1 spiro atoms. The molecule has 2 aromatic rings. The Labute approximate surface area is 285 Å². The molecule has 3 heterocycles. The fourth-order valence-corrected chi connectivity index (χ4v) is 8.81. The number of nitrogens with one attached hydrogen (secondary N) is 1. The van der Waals surface area contributed by atoms with Gasteiger partial charge in [-0.15, -0.1) is 0 Å². The molecular formula is C37H52N8O3. The van der Waals surface area contributed by atoms with Gasteiger partial charge in [-0.2, -0.15) is 4.98 Å². The zero-order chi connectivity index (χ0) is 32.8. The van der Waals surface area contributed by atoms with Gasteiger partial charge < -0.3 is 19.4 Å². The molecule has 1 N–H and O–H groups in total. The van der Waals surface area contributed by atoms with Crippen LogP contribution >= 0.6 is 0 Å². The van der Waals surface area contributed by atoms with E-state index in [2.05, 4.69) is 20.1 Å². The van der Waals surface area contributed by atoms with Gasteiger partial charge in [0.2, 0.25) is 11.9 Å². The van der Waals surface area contributed by atoms with Crippen LogP contribution < -0.4 is 20.0 Å². The number of piperazine rings is 1. The summed E-state index contributed by atoms with van der Waals surface area (Å²) in [5, 5.41) is 1.79. The molecule has 0 unspecified atom stereocenters. The van der Waals surface area contributed by atoms with E-state index in [1.54, 1.807) is 29.3 Å². The summed E-state index contributed by atoms with van der Waals surface area (Å²) in [5.41, 5.74) is 4.43. The molecule has 258 valence electrons. The van der Waals surface area contributed by atoms with Crippen molar-refractivity contribution in [2.45, 2.75) is 95.2 Å². The second-order valence-electron chi connectivity index (χ2n) is 15.4. The molecule has 1 saturated heterocycles. The predicted molar refractivity (Wildman–Crippen MR) is 186 cm³/mol. The topological polar surface area (TPSA) is 97.4 Å². The number of carbonyl (C=O) groups excluding carboxylic acids is 2. The Morgan fingerprint density at radius 3 is 2.44 bits per heavy atom. The van der Waals surface area contributed by atoms with Crippen molar-refractivity contribution in [3.05, 3.63) is 36.0 Å². The van der Waals surface area contributed by atoms with Gasteiger partial charge in [0.25, 0.3) is 5.91 Å². The smallest absolute Gasteiger partial charge is 0.272 e. The summed E-state index contributed by atoms with van der Waals surface area (Å²) < 4.78 is 5.47. The number of amides is 2. The van der Waals surface area contributed by atoms with Gasteiger partial charge in [-0.3, -0.25) is 19.9 Å². The number of nitrogens with zero attached hydrogens (tertiary/aromatic N) is 7. The zero-order valence-electron chi connectivity index (χ0n) is 28.8. The highest BCUT2D eigenvalue weighted by Gasteiger charge is 2.55. The van der Waals surface area contributed by atoms with Gasteiger partial charge in [-0.05, 0) is 88.3 Å². The first-order chi connectivity index (χ1) is 23.4. The molecule has 6 aliphatic rings. The van der Waals surface area contributed by atoms with Gasteiger partial charge in [0.05, 0.1) is 24.8 Å². The zero-order valence-corrected chi connectivity index (χ0v) is 28.8. The molecule has 5 fully saturated rings. The van der Waals surface area contributed by atoms with E-state index in [1.165, 1.54) is 45.3 Å². The minimum absolute atomic E-state index is 0.00318. The van der Waals surface area contributed by atoms with Crippen LogP contribution in [0.1, 0.15) is 87.4 Å². The van der Waals surface area contributed by atoms with E-state index in [-0.39, 0.29) is 23.3 Å². The molecule has 11 heteroatoms.